The lowest BCUT2D eigenvalue weighted by Crippen LogP contribution is -2.29. The summed E-state index contributed by atoms with van der Waals surface area (Å²) in [6.45, 7) is 7.53. The number of thioether (sulfide) groups is 1. The van der Waals surface area contributed by atoms with E-state index >= 15 is 0 Å². The quantitative estimate of drug-likeness (QED) is 0.391. The zero-order valence-electron chi connectivity index (χ0n) is 18.8. The van der Waals surface area contributed by atoms with E-state index in [9.17, 15) is 9.59 Å². The first-order valence-corrected chi connectivity index (χ1v) is 12.2. The van der Waals surface area contributed by atoms with Gasteiger partial charge in [0.25, 0.3) is 5.56 Å². The summed E-state index contributed by atoms with van der Waals surface area (Å²) in [5.41, 5.74) is 1.34. The number of nitrogens with one attached hydrogen (secondary N) is 1. The molecule has 0 fully saturated rings. The smallest absolute Gasteiger partial charge is 0.262 e. The Labute approximate surface area is 201 Å². The van der Waals surface area contributed by atoms with Crippen LogP contribution in [0.1, 0.15) is 32.4 Å². The van der Waals surface area contributed by atoms with Gasteiger partial charge in [0.15, 0.2) is 16.7 Å². The molecule has 1 aliphatic rings. The van der Waals surface area contributed by atoms with E-state index in [1.807, 2.05) is 39.0 Å². The molecule has 33 heavy (non-hydrogen) atoms. The minimum Gasteiger partial charge on any atom is -0.486 e. The Hall–Kier alpha value is -2.71. The molecule has 0 aliphatic carbocycles. The lowest BCUT2D eigenvalue weighted by atomic mass is 10.1. The third-order valence-corrected chi connectivity index (χ3v) is 6.42. The minimum absolute atomic E-state index is 0.137. The molecule has 4 rings (SSSR count). The first-order valence-electron chi connectivity index (χ1n) is 10.8. The molecule has 1 N–H and O–H groups in total. The molecule has 0 spiro atoms. The number of amides is 1. The molecule has 174 valence electrons. The molecule has 0 saturated heterocycles. The van der Waals surface area contributed by atoms with Crippen molar-refractivity contribution >= 4 is 40.2 Å². The second kappa shape index (κ2) is 10.1. The fourth-order valence-corrected chi connectivity index (χ4v) is 4.63. The monoisotopic (exact) mass is 487 g/mol. The van der Waals surface area contributed by atoms with Crippen molar-refractivity contribution in [2.75, 3.05) is 19.0 Å². The number of aromatic nitrogens is 2. The van der Waals surface area contributed by atoms with E-state index in [4.69, 9.17) is 21.1 Å². The summed E-state index contributed by atoms with van der Waals surface area (Å²) < 4.78 is 12.8. The van der Waals surface area contributed by atoms with Crippen molar-refractivity contribution in [1.82, 2.24) is 14.9 Å². The van der Waals surface area contributed by atoms with Crippen LogP contribution in [0.4, 0.5) is 0 Å². The third kappa shape index (κ3) is 5.45. The van der Waals surface area contributed by atoms with E-state index in [1.165, 1.54) is 11.8 Å². The fourth-order valence-electron chi connectivity index (χ4n) is 3.63. The Kier molecular flexibility index (Phi) is 7.14. The largest absolute Gasteiger partial charge is 0.486 e. The maximum atomic E-state index is 13.1. The maximum Gasteiger partial charge on any atom is 0.262 e. The molecule has 2 aromatic carbocycles. The van der Waals surface area contributed by atoms with Crippen molar-refractivity contribution in [3.63, 3.8) is 0 Å². The van der Waals surface area contributed by atoms with Crippen LogP contribution >= 0.6 is 23.4 Å². The summed E-state index contributed by atoms with van der Waals surface area (Å²) in [6.07, 6.45) is 0. The van der Waals surface area contributed by atoms with Crippen LogP contribution in [0.2, 0.25) is 5.02 Å². The normalized spacial score (nSPS) is 13.8. The molecular weight excluding hydrogens is 462 g/mol. The topological polar surface area (TPSA) is 82.5 Å². The van der Waals surface area contributed by atoms with Crippen LogP contribution in [0.15, 0.2) is 46.3 Å². The molecule has 3 aromatic rings. The molecule has 9 heteroatoms. The highest BCUT2D eigenvalue weighted by Crippen LogP contribution is 2.32. The minimum atomic E-state index is -0.210. The molecule has 0 unspecified atom stereocenters. The molecule has 1 atom stereocenters. The van der Waals surface area contributed by atoms with Crippen LogP contribution < -0.4 is 20.3 Å². The zero-order valence-corrected chi connectivity index (χ0v) is 20.3. The van der Waals surface area contributed by atoms with E-state index in [0.29, 0.717) is 52.3 Å². The highest BCUT2D eigenvalue weighted by Gasteiger charge is 2.18. The van der Waals surface area contributed by atoms with Crippen LogP contribution in [0.3, 0.4) is 0 Å². The molecule has 2 heterocycles. The van der Waals surface area contributed by atoms with Crippen molar-refractivity contribution < 1.29 is 14.3 Å². The van der Waals surface area contributed by atoms with Gasteiger partial charge < -0.3 is 14.8 Å². The first-order chi connectivity index (χ1) is 15.8. The van der Waals surface area contributed by atoms with Gasteiger partial charge in [0, 0.05) is 11.6 Å². The fraction of sp³-hybridized carbons (Fsp3) is 0.375. The van der Waals surface area contributed by atoms with Crippen molar-refractivity contribution in [2.45, 2.75) is 38.5 Å². The second-order valence-electron chi connectivity index (χ2n) is 8.35. The lowest BCUT2D eigenvalue weighted by molar-refractivity contribution is -0.119. The Morgan fingerprint density at radius 2 is 1.91 bits per heavy atom. The summed E-state index contributed by atoms with van der Waals surface area (Å²) in [4.78, 5) is 30.4. The van der Waals surface area contributed by atoms with Gasteiger partial charge in [0.05, 0.1) is 22.7 Å². The Morgan fingerprint density at radius 1 is 1.15 bits per heavy atom. The Morgan fingerprint density at radius 3 is 2.67 bits per heavy atom. The van der Waals surface area contributed by atoms with Crippen LogP contribution in [0, 0.1) is 5.92 Å². The highest BCUT2D eigenvalue weighted by atomic mass is 35.5. The number of hydrogen-bond donors (Lipinski definition) is 1. The number of nitrogens with zero attached hydrogens (tertiary/aromatic N) is 2. The third-order valence-electron chi connectivity index (χ3n) is 5.20. The second-order valence-corrected chi connectivity index (χ2v) is 9.73. The summed E-state index contributed by atoms with van der Waals surface area (Å²) in [5.74, 6) is 1.63. The van der Waals surface area contributed by atoms with Crippen LogP contribution in [0.5, 0.6) is 11.5 Å². The molecule has 1 amide bonds. The number of fused-ring (bicyclic) bond motifs is 2. The predicted octanol–water partition coefficient (Wildman–Crippen LogP) is 4.45. The molecule has 7 nitrogen and oxygen atoms in total. The number of rotatable bonds is 7. The van der Waals surface area contributed by atoms with Gasteiger partial charge in [0.2, 0.25) is 5.91 Å². The van der Waals surface area contributed by atoms with Gasteiger partial charge in [-0.05, 0) is 48.7 Å². The molecular formula is C24H26ClN3O4S. The summed E-state index contributed by atoms with van der Waals surface area (Å²) >= 11 is 7.33. The van der Waals surface area contributed by atoms with Gasteiger partial charge in [-0.25, -0.2) is 4.98 Å². The molecule has 0 saturated carbocycles. The van der Waals surface area contributed by atoms with E-state index in [0.717, 1.165) is 5.56 Å². The summed E-state index contributed by atoms with van der Waals surface area (Å²) in [5, 5.41) is 4.49. The molecule has 0 bridgehead atoms. The lowest BCUT2D eigenvalue weighted by Gasteiger charge is -2.21. The summed E-state index contributed by atoms with van der Waals surface area (Å²) in [6, 6.07) is 10.5. The number of ether oxygens (including phenoxy) is 2. The van der Waals surface area contributed by atoms with Gasteiger partial charge in [-0.1, -0.05) is 43.3 Å². The van der Waals surface area contributed by atoms with Crippen molar-refractivity contribution in [2.24, 2.45) is 5.92 Å². The first kappa shape index (κ1) is 23.4. The Bertz CT molecular complexity index is 1240. The van der Waals surface area contributed by atoms with E-state index < -0.39 is 0 Å². The molecule has 1 aromatic heterocycles. The van der Waals surface area contributed by atoms with Gasteiger partial charge in [0.1, 0.15) is 13.2 Å². The van der Waals surface area contributed by atoms with Gasteiger partial charge in [-0.2, -0.15) is 0 Å². The molecule has 1 aliphatic heterocycles. The number of benzene rings is 2. The maximum absolute atomic E-state index is 13.1. The van der Waals surface area contributed by atoms with Crippen LogP contribution in [0.25, 0.3) is 10.9 Å². The number of carbonyl (C=O) groups excluding carboxylic acids is 1. The van der Waals surface area contributed by atoms with E-state index in [2.05, 4.69) is 10.3 Å². The number of hydrogen-bond acceptors (Lipinski definition) is 6. The van der Waals surface area contributed by atoms with Crippen molar-refractivity contribution in [3.8, 4) is 11.5 Å². The van der Waals surface area contributed by atoms with Crippen LogP contribution in [-0.4, -0.2) is 34.4 Å². The standard InChI is InChI=1S/C24H26ClN3O4S/c1-14(2)12-28-23(30)18-11-17(25)5-6-19(18)27-24(28)33-13-22(29)26-15(3)16-4-7-20-21(10-16)32-9-8-31-20/h4-7,10-11,14-15H,8-9,12-13H2,1-3H3,(H,26,29)/t15-/m1/s1. The number of halogens is 1. The SMILES string of the molecule is CC(C)Cn1c(SCC(=O)N[C@H](C)c2ccc3c(c2)OCCO3)nc2ccc(Cl)cc2c1=O. The summed E-state index contributed by atoms with van der Waals surface area (Å²) in [7, 11) is 0. The van der Waals surface area contributed by atoms with Crippen molar-refractivity contribution in [3.05, 3.63) is 57.3 Å². The van der Waals surface area contributed by atoms with Gasteiger partial charge in [-0.15, -0.1) is 0 Å². The van der Waals surface area contributed by atoms with E-state index in [-0.39, 0.29) is 29.2 Å². The predicted molar refractivity (Wildman–Crippen MR) is 131 cm³/mol. The van der Waals surface area contributed by atoms with Gasteiger partial charge >= 0.3 is 0 Å². The Balaban J connectivity index is 1.49. The highest BCUT2D eigenvalue weighted by molar-refractivity contribution is 7.99. The molecule has 0 radical (unpaired) electrons. The average Bonchev–Trinajstić information content (AvgIpc) is 2.79. The van der Waals surface area contributed by atoms with Crippen LogP contribution in [-0.2, 0) is 11.3 Å². The zero-order chi connectivity index (χ0) is 23.5. The van der Waals surface area contributed by atoms with Gasteiger partial charge in [-0.3, -0.25) is 14.2 Å². The van der Waals surface area contributed by atoms with E-state index in [1.54, 1.807) is 22.8 Å². The van der Waals surface area contributed by atoms with Crippen molar-refractivity contribution in [1.29, 1.82) is 0 Å². The number of carbonyl (C=O) groups is 1. The average molecular weight is 488 g/mol.